The van der Waals surface area contributed by atoms with Crippen molar-refractivity contribution >= 4 is 28.7 Å². The third-order valence-electron chi connectivity index (χ3n) is 10.1. The molecule has 6 rings (SSSR count). The van der Waals surface area contributed by atoms with Crippen molar-refractivity contribution in [3.05, 3.63) is 82.9 Å². The summed E-state index contributed by atoms with van der Waals surface area (Å²) in [5.41, 5.74) is 6.50. The lowest BCUT2D eigenvalue weighted by Gasteiger charge is -2.53. The number of carbonyl (C=O) groups excluding carboxylic acids is 3. The molecule has 51 heavy (non-hydrogen) atoms. The Morgan fingerprint density at radius 1 is 0.922 bits per heavy atom. The van der Waals surface area contributed by atoms with Gasteiger partial charge in [0, 0.05) is 32.7 Å². The fraction of sp³-hybridized carbons (Fsp3) is 0.500. The zero-order valence-corrected chi connectivity index (χ0v) is 28.9. The molecule has 274 valence electrons. The summed E-state index contributed by atoms with van der Waals surface area (Å²) in [4.78, 5) is 49.7. The van der Waals surface area contributed by atoms with E-state index in [1.807, 2.05) is 42.5 Å². The van der Waals surface area contributed by atoms with E-state index in [2.05, 4.69) is 4.90 Å². The molecule has 3 heterocycles. The molecular weight excluding hydrogens is 663 g/mol. The van der Waals surface area contributed by atoms with Gasteiger partial charge in [0.25, 0.3) is 0 Å². The van der Waals surface area contributed by atoms with E-state index < -0.39 is 36.0 Å². The zero-order chi connectivity index (χ0) is 36.1. The predicted octanol–water partition coefficient (Wildman–Crippen LogP) is 4.80. The number of morpholine rings is 1. The van der Waals surface area contributed by atoms with Crippen LogP contribution in [0.1, 0.15) is 41.5 Å². The van der Waals surface area contributed by atoms with Gasteiger partial charge in [0.2, 0.25) is 11.8 Å². The summed E-state index contributed by atoms with van der Waals surface area (Å²) >= 11 is 0. The monoisotopic (exact) mass is 709 g/mol. The second-order valence-electron chi connectivity index (χ2n) is 13.8. The van der Waals surface area contributed by atoms with Crippen LogP contribution in [0.2, 0.25) is 0 Å². The summed E-state index contributed by atoms with van der Waals surface area (Å²) in [5.74, 6) is -1.04. The van der Waals surface area contributed by atoms with E-state index >= 15 is 0 Å². The van der Waals surface area contributed by atoms with Gasteiger partial charge in [0.05, 0.1) is 31.2 Å². The van der Waals surface area contributed by atoms with Gasteiger partial charge in [0.15, 0.2) is 0 Å². The van der Waals surface area contributed by atoms with E-state index in [4.69, 9.17) is 15.2 Å². The predicted molar refractivity (Wildman–Crippen MR) is 185 cm³/mol. The van der Waals surface area contributed by atoms with Crippen molar-refractivity contribution in [3.8, 4) is 0 Å². The van der Waals surface area contributed by atoms with Crippen LogP contribution in [0.4, 0.5) is 18.0 Å². The highest BCUT2D eigenvalue weighted by Gasteiger charge is 2.51. The lowest BCUT2D eigenvalue weighted by Crippen LogP contribution is -2.73. The van der Waals surface area contributed by atoms with Crippen molar-refractivity contribution in [3.63, 3.8) is 0 Å². The van der Waals surface area contributed by atoms with E-state index in [-0.39, 0.29) is 37.1 Å². The summed E-state index contributed by atoms with van der Waals surface area (Å²) in [5, 5.41) is 2.08. The van der Waals surface area contributed by atoms with Gasteiger partial charge in [0.1, 0.15) is 18.8 Å². The lowest BCUT2D eigenvalue weighted by atomic mass is 9.90. The second-order valence-corrected chi connectivity index (χ2v) is 13.8. The SMILES string of the molecule is Cc1cc(COC(=O)N2C[C@@H](Cc3ccc4ccccc4c3)C(=O)N3[C@@H]2CN(CCN2CCOCC2)C(=O)[C@@H]3CCCCN)cc(C(F)(F)F)c1. The molecule has 3 aliphatic heterocycles. The molecule has 0 radical (unpaired) electrons. The second kappa shape index (κ2) is 16.0. The molecule has 10 nitrogen and oxygen atoms in total. The molecule has 3 aromatic carbocycles. The van der Waals surface area contributed by atoms with Crippen LogP contribution < -0.4 is 5.73 Å². The summed E-state index contributed by atoms with van der Waals surface area (Å²) in [6, 6.07) is 16.7. The van der Waals surface area contributed by atoms with Crippen molar-refractivity contribution < 1.29 is 37.0 Å². The maximum Gasteiger partial charge on any atom is 0.416 e. The first kappa shape index (κ1) is 36.6. The molecular formula is C38H46F3N5O5. The Kier molecular flexibility index (Phi) is 11.5. The van der Waals surface area contributed by atoms with Crippen LogP contribution in [0, 0.1) is 12.8 Å². The summed E-state index contributed by atoms with van der Waals surface area (Å²) in [6.07, 6.45) is -4.09. The fourth-order valence-electron chi connectivity index (χ4n) is 7.48. The van der Waals surface area contributed by atoms with Crippen LogP contribution in [0.3, 0.4) is 0 Å². The highest BCUT2D eigenvalue weighted by Crippen LogP contribution is 2.34. The first-order valence-corrected chi connectivity index (χ1v) is 17.7. The number of aryl methyl sites for hydroxylation is 1. The van der Waals surface area contributed by atoms with Gasteiger partial charge in [-0.2, -0.15) is 13.2 Å². The van der Waals surface area contributed by atoms with E-state index in [0.29, 0.717) is 64.1 Å². The molecule has 0 saturated carbocycles. The van der Waals surface area contributed by atoms with Crippen molar-refractivity contribution in [1.82, 2.24) is 19.6 Å². The molecule has 3 aliphatic rings. The third kappa shape index (κ3) is 8.65. The Balaban J connectivity index is 1.29. The maximum absolute atomic E-state index is 14.5. The Hall–Kier alpha value is -4.20. The van der Waals surface area contributed by atoms with Gasteiger partial charge in [-0.3, -0.25) is 19.4 Å². The van der Waals surface area contributed by atoms with E-state index in [0.717, 1.165) is 41.6 Å². The molecule has 3 aromatic rings. The number of unbranched alkanes of at least 4 members (excludes halogenated alkanes) is 1. The van der Waals surface area contributed by atoms with Crippen molar-refractivity contribution in [1.29, 1.82) is 0 Å². The highest BCUT2D eigenvalue weighted by atomic mass is 19.4. The van der Waals surface area contributed by atoms with E-state index in [9.17, 15) is 27.6 Å². The number of carbonyl (C=O) groups is 3. The van der Waals surface area contributed by atoms with Crippen LogP contribution >= 0.6 is 0 Å². The number of nitrogens with zero attached hydrogens (tertiary/aromatic N) is 4. The van der Waals surface area contributed by atoms with Gasteiger partial charge in [-0.1, -0.05) is 54.1 Å². The highest BCUT2D eigenvalue weighted by molar-refractivity contribution is 5.92. The third-order valence-corrected chi connectivity index (χ3v) is 10.1. The van der Waals surface area contributed by atoms with Crippen LogP contribution in [-0.2, 0) is 38.3 Å². The van der Waals surface area contributed by atoms with Crippen molar-refractivity contribution in [2.24, 2.45) is 11.7 Å². The number of nitrogens with two attached hydrogens (primary N) is 1. The van der Waals surface area contributed by atoms with Crippen LogP contribution in [0.15, 0.2) is 60.7 Å². The zero-order valence-electron chi connectivity index (χ0n) is 28.9. The van der Waals surface area contributed by atoms with E-state index in [1.54, 1.807) is 22.8 Å². The maximum atomic E-state index is 14.5. The minimum Gasteiger partial charge on any atom is -0.444 e. The van der Waals surface area contributed by atoms with Gasteiger partial charge >= 0.3 is 12.3 Å². The molecule has 0 aromatic heterocycles. The van der Waals surface area contributed by atoms with Crippen LogP contribution in [0.5, 0.6) is 0 Å². The molecule has 0 unspecified atom stereocenters. The average Bonchev–Trinajstić information content (AvgIpc) is 3.11. The number of halogens is 3. The largest absolute Gasteiger partial charge is 0.444 e. The quantitative estimate of drug-likeness (QED) is 0.285. The number of fused-ring (bicyclic) bond motifs is 2. The summed E-state index contributed by atoms with van der Waals surface area (Å²) < 4.78 is 51.9. The Labute approximate surface area is 296 Å². The fourth-order valence-corrected chi connectivity index (χ4v) is 7.48. The molecule has 3 atom stereocenters. The number of hydrogen-bond acceptors (Lipinski definition) is 7. The van der Waals surface area contributed by atoms with Crippen molar-refractivity contribution in [2.75, 3.05) is 59.0 Å². The number of amides is 3. The molecule has 3 saturated heterocycles. The molecule has 0 spiro atoms. The van der Waals surface area contributed by atoms with Crippen LogP contribution in [-0.4, -0.2) is 109 Å². The number of ether oxygens (including phenoxy) is 2. The van der Waals surface area contributed by atoms with Crippen molar-refractivity contribution in [2.45, 2.75) is 57.6 Å². The van der Waals surface area contributed by atoms with E-state index in [1.165, 1.54) is 4.90 Å². The first-order valence-electron chi connectivity index (χ1n) is 17.7. The smallest absolute Gasteiger partial charge is 0.416 e. The lowest BCUT2D eigenvalue weighted by molar-refractivity contribution is -0.173. The molecule has 0 bridgehead atoms. The molecule has 3 amide bonds. The Bertz CT molecular complexity index is 1710. The topological polar surface area (TPSA) is 109 Å². The summed E-state index contributed by atoms with van der Waals surface area (Å²) in [6.45, 7) is 5.52. The standard InChI is InChI=1S/C38H46F3N5O5/c1-26-18-28(22-32(19-26)38(39,40)41)25-51-37(49)45-23-31(21-27-9-10-29-6-2-3-7-30(29)20-27)35(47)46-33(8-4-5-11-42)36(48)44(24-34(45)46)13-12-43-14-16-50-17-15-43/h2-3,6-7,9-10,18-20,22,31,33-34H,4-5,8,11-17,21,23-25,42H2,1H3/t31-,33+,34-/m1/s1. The number of rotatable bonds is 11. The molecule has 3 fully saturated rings. The normalized spacial score (nSPS) is 21.7. The first-order chi connectivity index (χ1) is 24.5. The minimum atomic E-state index is -4.55. The molecule has 0 aliphatic carbocycles. The molecule has 13 heteroatoms. The Morgan fingerprint density at radius 2 is 1.69 bits per heavy atom. The minimum absolute atomic E-state index is 0.0360. The number of alkyl halides is 3. The average molecular weight is 710 g/mol. The summed E-state index contributed by atoms with van der Waals surface area (Å²) in [7, 11) is 0. The molecule has 2 N–H and O–H groups in total. The number of hydrogen-bond donors (Lipinski definition) is 1. The number of piperazine rings is 1. The number of benzene rings is 3. The van der Waals surface area contributed by atoms with Gasteiger partial charge < -0.3 is 25.0 Å². The Morgan fingerprint density at radius 3 is 2.43 bits per heavy atom. The van der Waals surface area contributed by atoms with Gasteiger partial charge in [-0.15, -0.1) is 0 Å². The van der Waals surface area contributed by atoms with Crippen LogP contribution in [0.25, 0.3) is 10.8 Å². The van der Waals surface area contributed by atoms with Gasteiger partial charge in [-0.05, 0) is 73.2 Å². The van der Waals surface area contributed by atoms with Gasteiger partial charge in [-0.25, -0.2) is 4.79 Å².